The summed E-state index contributed by atoms with van der Waals surface area (Å²) in [5.74, 6) is -0.352. The summed E-state index contributed by atoms with van der Waals surface area (Å²) in [6, 6.07) is 18.7. The SMILES string of the molecule is Cc1ccnn1-c1ccc(C(=O)OCc2ccc(-n3cccn3)cc2)cc1. The molecule has 0 atom stereocenters. The Morgan fingerprint density at radius 3 is 2.30 bits per heavy atom. The highest BCUT2D eigenvalue weighted by molar-refractivity contribution is 5.89. The molecule has 0 saturated heterocycles. The maximum Gasteiger partial charge on any atom is 0.338 e. The van der Waals surface area contributed by atoms with Crippen molar-refractivity contribution in [3.8, 4) is 11.4 Å². The topological polar surface area (TPSA) is 61.9 Å². The van der Waals surface area contributed by atoms with Crippen molar-refractivity contribution < 1.29 is 9.53 Å². The van der Waals surface area contributed by atoms with Crippen LogP contribution in [0, 0.1) is 6.92 Å². The Morgan fingerprint density at radius 2 is 1.67 bits per heavy atom. The first-order valence-corrected chi connectivity index (χ1v) is 8.58. The molecule has 0 amide bonds. The summed E-state index contributed by atoms with van der Waals surface area (Å²) in [6.07, 6.45) is 5.35. The van der Waals surface area contributed by atoms with E-state index in [2.05, 4.69) is 10.2 Å². The highest BCUT2D eigenvalue weighted by Crippen LogP contribution is 2.14. The summed E-state index contributed by atoms with van der Waals surface area (Å²) in [7, 11) is 0. The molecule has 0 fully saturated rings. The fourth-order valence-electron chi connectivity index (χ4n) is 2.78. The molecule has 0 aliphatic heterocycles. The summed E-state index contributed by atoms with van der Waals surface area (Å²) in [5.41, 5.74) is 4.33. The molecule has 4 aromatic rings. The van der Waals surface area contributed by atoms with Crippen LogP contribution in [0.2, 0.25) is 0 Å². The van der Waals surface area contributed by atoms with Gasteiger partial charge in [-0.3, -0.25) is 0 Å². The predicted octanol–water partition coefficient (Wildman–Crippen LogP) is 3.72. The van der Waals surface area contributed by atoms with Crippen LogP contribution >= 0.6 is 0 Å². The third kappa shape index (κ3) is 3.64. The summed E-state index contributed by atoms with van der Waals surface area (Å²) < 4.78 is 9.01. The zero-order valence-electron chi connectivity index (χ0n) is 14.8. The Labute approximate surface area is 156 Å². The number of benzene rings is 2. The van der Waals surface area contributed by atoms with Gasteiger partial charge in [-0.1, -0.05) is 12.1 Å². The molecule has 0 spiro atoms. The van der Waals surface area contributed by atoms with Gasteiger partial charge in [0.25, 0.3) is 0 Å². The number of hydrogen-bond acceptors (Lipinski definition) is 4. The van der Waals surface area contributed by atoms with Crippen LogP contribution < -0.4 is 0 Å². The van der Waals surface area contributed by atoms with Gasteiger partial charge in [0.15, 0.2) is 0 Å². The van der Waals surface area contributed by atoms with Crippen LogP contribution in [-0.4, -0.2) is 25.5 Å². The lowest BCUT2D eigenvalue weighted by Crippen LogP contribution is -2.06. The summed E-state index contributed by atoms with van der Waals surface area (Å²) >= 11 is 0. The van der Waals surface area contributed by atoms with Crippen LogP contribution in [0.1, 0.15) is 21.6 Å². The molecule has 0 radical (unpaired) electrons. The average molecular weight is 358 g/mol. The van der Waals surface area contributed by atoms with E-state index in [-0.39, 0.29) is 12.6 Å². The van der Waals surface area contributed by atoms with E-state index in [4.69, 9.17) is 4.74 Å². The van der Waals surface area contributed by atoms with Crippen molar-refractivity contribution in [2.45, 2.75) is 13.5 Å². The lowest BCUT2D eigenvalue weighted by atomic mass is 10.2. The third-order valence-corrected chi connectivity index (χ3v) is 4.25. The van der Waals surface area contributed by atoms with E-state index < -0.39 is 0 Å². The van der Waals surface area contributed by atoms with Crippen molar-refractivity contribution in [1.29, 1.82) is 0 Å². The molecule has 0 saturated carbocycles. The first-order chi connectivity index (χ1) is 13.2. The molecule has 134 valence electrons. The fourth-order valence-corrected chi connectivity index (χ4v) is 2.78. The molecule has 4 rings (SSSR count). The minimum absolute atomic E-state index is 0.220. The standard InChI is InChI=1S/C21H18N4O2/c1-16-11-13-23-25(16)20-9-5-18(6-10-20)21(26)27-15-17-3-7-19(8-4-17)24-14-2-12-22-24/h2-14H,15H2,1H3. The molecule has 6 heteroatoms. The highest BCUT2D eigenvalue weighted by atomic mass is 16.5. The van der Waals surface area contributed by atoms with Gasteiger partial charge in [0.05, 0.1) is 16.9 Å². The first-order valence-electron chi connectivity index (χ1n) is 8.58. The van der Waals surface area contributed by atoms with Gasteiger partial charge in [-0.15, -0.1) is 0 Å². The summed E-state index contributed by atoms with van der Waals surface area (Å²) in [5, 5.41) is 8.44. The van der Waals surface area contributed by atoms with E-state index in [1.807, 2.05) is 66.3 Å². The Hall–Kier alpha value is -3.67. The molecule has 27 heavy (non-hydrogen) atoms. The summed E-state index contributed by atoms with van der Waals surface area (Å²) in [6.45, 7) is 2.20. The van der Waals surface area contributed by atoms with Crippen LogP contribution in [-0.2, 0) is 11.3 Å². The smallest absolute Gasteiger partial charge is 0.338 e. The third-order valence-electron chi connectivity index (χ3n) is 4.25. The quantitative estimate of drug-likeness (QED) is 0.510. The van der Waals surface area contributed by atoms with Crippen molar-refractivity contribution in [1.82, 2.24) is 19.6 Å². The van der Waals surface area contributed by atoms with Gasteiger partial charge in [0.2, 0.25) is 0 Å². The molecule has 0 aliphatic rings. The molecular formula is C21H18N4O2. The van der Waals surface area contributed by atoms with Gasteiger partial charge >= 0.3 is 5.97 Å². The predicted molar refractivity (Wildman–Crippen MR) is 101 cm³/mol. The Bertz CT molecular complexity index is 1030. The number of ether oxygens (including phenoxy) is 1. The van der Waals surface area contributed by atoms with Crippen molar-refractivity contribution in [2.24, 2.45) is 0 Å². The molecule has 0 unspecified atom stereocenters. The molecule has 2 aromatic heterocycles. The van der Waals surface area contributed by atoms with Gasteiger partial charge in [0.1, 0.15) is 6.61 Å². The second kappa shape index (κ2) is 7.29. The van der Waals surface area contributed by atoms with E-state index in [1.54, 1.807) is 29.2 Å². The van der Waals surface area contributed by atoms with E-state index in [0.717, 1.165) is 22.6 Å². The van der Waals surface area contributed by atoms with Crippen molar-refractivity contribution in [3.05, 3.63) is 96.1 Å². The second-order valence-electron chi connectivity index (χ2n) is 6.12. The molecular weight excluding hydrogens is 340 g/mol. The lowest BCUT2D eigenvalue weighted by Gasteiger charge is -2.08. The molecule has 6 nitrogen and oxygen atoms in total. The number of hydrogen-bond donors (Lipinski definition) is 0. The van der Waals surface area contributed by atoms with Gasteiger partial charge in [-0.25, -0.2) is 14.2 Å². The number of nitrogens with zero attached hydrogens (tertiary/aromatic N) is 4. The number of rotatable bonds is 5. The van der Waals surface area contributed by atoms with Gasteiger partial charge < -0.3 is 4.74 Å². The van der Waals surface area contributed by atoms with Gasteiger partial charge in [-0.2, -0.15) is 10.2 Å². The van der Waals surface area contributed by atoms with E-state index in [9.17, 15) is 4.79 Å². The van der Waals surface area contributed by atoms with E-state index in [1.165, 1.54) is 0 Å². The van der Waals surface area contributed by atoms with Crippen LogP contribution in [0.4, 0.5) is 0 Å². The Balaban J connectivity index is 1.38. The van der Waals surface area contributed by atoms with Crippen molar-refractivity contribution in [2.75, 3.05) is 0 Å². The number of carbonyl (C=O) groups excluding carboxylic acids is 1. The molecule has 2 aromatic carbocycles. The Morgan fingerprint density at radius 1 is 0.926 bits per heavy atom. The molecule has 0 N–H and O–H groups in total. The van der Waals surface area contributed by atoms with Crippen LogP contribution in [0.3, 0.4) is 0 Å². The minimum atomic E-state index is -0.352. The average Bonchev–Trinajstić information content (AvgIpc) is 3.38. The lowest BCUT2D eigenvalue weighted by molar-refractivity contribution is 0.0472. The van der Waals surface area contributed by atoms with Gasteiger partial charge in [0, 0.05) is 24.3 Å². The monoisotopic (exact) mass is 358 g/mol. The molecule has 2 heterocycles. The van der Waals surface area contributed by atoms with Gasteiger partial charge in [-0.05, 0) is 61.0 Å². The highest BCUT2D eigenvalue weighted by Gasteiger charge is 2.09. The van der Waals surface area contributed by atoms with Crippen LogP contribution in [0.25, 0.3) is 11.4 Å². The van der Waals surface area contributed by atoms with E-state index >= 15 is 0 Å². The number of esters is 1. The van der Waals surface area contributed by atoms with E-state index in [0.29, 0.717) is 5.56 Å². The van der Waals surface area contributed by atoms with Crippen LogP contribution in [0.15, 0.2) is 79.3 Å². The fraction of sp³-hybridized carbons (Fsp3) is 0.0952. The summed E-state index contributed by atoms with van der Waals surface area (Å²) in [4.78, 5) is 12.3. The normalized spacial score (nSPS) is 10.7. The number of carbonyl (C=O) groups is 1. The zero-order chi connectivity index (χ0) is 18.6. The minimum Gasteiger partial charge on any atom is -0.457 e. The second-order valence-corrected chi connectivity index (χ2v) is 6.12. The maximum atomic E-state index is 12.3. The zero-order valence-corrected chi connectivity index (χ0v) is 14.8. The van der Waals surface area contributed by atoms with Crippen molar-refractivity contribution in [3.63, 3.8) is 0 Å². The molecule has 0 bridgehead atoms. The first kappa shape index (κ1) is 16.8. The Kier molecular flexibility index (Phi) is 4.53. The van der Waals surface area contributed by atoms with Crippen LogP contribution in [0.5, 0.6) is 0 Å². The molecule has 0 aliphatic carbocycles. The van der Waals surface area contributed by atoms with Crippen molar-refractivity contribution >= 4 is 5.97 Å². The number of aryl methyl sites for hydroxylation is 1. The number of aromatic nitrogens is 4. The maximum absolute atomic E-state index is 12.3. The largest absolute Gasteiger partial charge is 0.457 e.